The van der Waals surface area contributed by atoms with Gasteiger partial charge in [-0.15, -0.1) is 0 Å². The summed E-state index contributed by atoms with van der Waals surface area (Å²) in [6.45, 7) is 0. The van der Waals surface area contributed by atoms with Crippen LogP contribution in [-0.4, -0.2) is 17.1 Å². The molecule has 1 amide bonds. The number of amides is 1. The minimum absolute atomic E-state index is 0.169. The van der Waals surface area contributed by atoms with Crippen LogP contribution in [0.2, 0.25) is 0 Å². The Morgan fingerprint density at radius 3 is 2.60 bits per heavy atom. The molecule has 3 aliphatic carbocycles. The predicted octanol–water partition coefficient (Wildman–Crippen LogP) is 2.20. The van der Waals surface area contributed by atoms with E-state index in [-0.39, 0.29) is 17.9 Å². The first-order valence-electron chi connectivity index (χ1n) is 7.82. The van der Waals surface area contributed by atoms with Crippen molar-refractivity contribution in [2.75, 3.05) is 0 Å². The van der Waals surface area contributed by atoms with Crippen molar-refractivity contribution in [2.24, 2.45) is 17.8 Å². The van der Waals surface area contributed by atoms with Crippen molar-refractivity contribution in [3.05, 3.63) is 35.4 Å². The normalized spacial score (nSPS) is 38.0. The Bertz CT molecular complexity index is 530. The number of hydrogen-bond acceptors (Lipinski definition) is 2. The van der Waals surface area contributed by atoms with Gasteiger partial charge in [0.15, 0.2) is 0 Å². The van der Waals surface area contributed by atoms with Gasteiger partial charge in [-0.3, -0.25) is 4.79 Å². The maximum atomic E-state index is 12.5. The molecule has 4 rings (SSSR count). The zero-order chi connectivity index (χ0) is 13.7. The lowest BCUT2D eigenvalue weighted by Gasteiger charge is -2.18. The monoisotopic (exact) mass is 271 g/mol. The van der Waals surface area contributed by atoms with Gasteiger partial charge in [0, 0.05) is 12.3 Å². The molecule has 3 nitrogen and oxygen atoms in total. The average Bonchev–Trinajstić information content (AvgIpc) is 3.12. The summed E-state index contributed by atoms with van der Waals surface area (Å²) in [7, 11) is 0. The fourth-order valence-electron chi connectivity index (χ4n) is 4.38. The summed E-state index contributed by atoms with van der Waals surface area (Å²) in [6, 6.07) is 7.83. The van der Waals surface area contributed by atoms with E-state index >= 15 is 0 Å². The lowest BCUT2D eigenvalue weighted by Crippen LogP contribution is -2.35. The number of fused-ring (bicyclic) bond motifs is 2. The first kappa shape index (κ1) is 12.4. The molecule has 0 spiro atoms. The van der Waals surface area contributed by atoms with E-state index in [1.54, 1.807) is 0 Å². The topological polar surface area (TPSA) is 49.3 Å². The smallest absolute Gasteiger partial charge is 0.224 e. The van der Waals surface area contributed by atoms with E-state index in [2.05, 4.69) is 5.32 Å². The first-order chi connectivity index (χ1) is 9.75. The summed E-state index contributed by atoms with van der Waals surface area (Å²) < 4.78 is 0. The van der Waals surface area contributed by atoms with Crippen LogP contribution in [0.25, 0.3) is 0 Å². The second-order valence-corrected chi connectivity index (χ2v) is 6.59. The average molecular weight is 271 g/mol. The fraction of sp³-hybridized carbons (Fsp3) is 0.588. The molecule has 2 fully saturated rings. The molecule has 0 heterocycles. The molecule has 1 aromatic carbocycles. The minimum atomic E-state index is -0.475. The van der Waals surface area contributed by atoms with Gasteiger partial charge in [0.1, 0.15) is 0 Å². The fourth-order valence-corrected chi connectivity index (χ4v) is 4.38. The molecule has 0 saturated heterocycles. The second kappa shape index (κ2) is 4.59. The Morgan fingerprint density at radius 1 is 1.15 bits per heavy atom. The van der Waals surface area contributed by atoms with Gasteiger partial charge in [-0.2, -0.15) is 0 Å². The van der Waals surface area contributed by atoms with Crippen LogP contribution in [0.5, 0.6) is 0 Å². The number of rotatable bonds is 2. The second-order valence-electron chi connectivity index (χ2n) is 6.59. The van der Waals surface area contributed by atoms with Crippen LogP contribution in [0.15, 0.2) is 24.3 Å². The van der Waals surface area contributed by atoms with Crippen molar-refractivity contribution >= 4 is 5.91 Å². The minimum Gasteiger partial charge on any atom is -0.390 e. The van der Waals surface area contributed by atoms with Crippen molar-refractivity contribution in [3.8, 4) is 0 Å². The number of nitrogens with one attached hydrogen (secondary N) is 1. The molecule has 3 aliphatic rings. The summed E-state index contributed by atoms with van der Waals surface area (Å²) in [5.74, 6) is 1.63. The first-order valence-corrected chi connectivity index (χ1v) is 7.82. The highest BCUT2D eigenvalue weighted by Crippen LogP contribution is 2.55. The van der Waals surface area contributed by atoms with Crippen molar-refractivity contribution in [2.45, 2.75) is 44.2 Å². The molecule has 2 N–H and O–H groups in total. The van der Waals surface area contributed by atoms with E-state index in [0.29, 0.717) is 18.3 Å². The SMILES string of the molecule is O=C(NC1c2ccccc2CC1O)C1C2CCCCC21. The van der Waals surface area contributed by atoms with Crippen molar-refractivity contribution in [1.82, 2.24) is 5.32 Å². The summed E-state index contributed by atoms with van der Waals surface area (Å²) in [4.78, 5) is 12.5. The van der Waals surface area contributed by atoms with Crippen LogP contribution in [0.4, 0.5) is 0 Å². The van der Waals surface area contributed by atoms with Crippen LogP contribution in [-0.2, 0) is 11.2 Å². The van der Waals surface area contributed by atoms with Crippen LogP contribution >= 0.6 is 0 Å². The molecule has 106 valence electrons. The van der Waals surface area contributed by atoms with E-state index in [1.165, 1.54) is 31.2 Å². The van der Waals surface area contributed by atoms with Gasteiger partial charge in [-0.25, -0.2) is 0 Å². The molecular weight excluding hydrogens is 250 g/mol. The molecule has 0 radical (unpaired) electrons. The molecule has 4 atom stereocenters. The highest BCUT2D eigenvalue weighted by Gasteiger charge is 2.55. The Hall–Kier alpha value is -1.35. The number of aliphatic hydroxyl groups excluding tert-OH is 1. The van der Waals surface area contributed by atoms with Gasteiger partial charge < -0.3 is 10.4 Å². The van der Waals surface area contributed by atoms with E-state index in [9.17, 15) is 9.90 Å². The third-order valence-corrected chi connectivity index (χ3v) is 5.46. The van der Waals surface area contributed by atoms with Crippen LogP contribution in [0, 0.1) is 17.8 Å². The van der Waals surface area contributed by atoms with Crippen molar-refractivity contribution in [3.63, 3.8) is 0 Å². The number of aliphatic hydroxyl groups is 1. The zero-order valence-corrected chi connectivity index (χ0v) is 11.6. The lowest BCUT2D eigenvalue weighted by atomic mass is 10.0. The molecule has 1 aromatic rings. The predicted molar refractivity (Wildman–Crippen MR) is 76.0 cm³/mol. The molecule has 0 aromatic heterocycles. The molecular formula is C17H21NO2. The van der Waals surface area contributed by atoms with Gasteiger partial charge in [-0.05, 0) is 35.8 Å². The van der Waals surface area contributed by atoms with Crippen LogP contribution in [0.1, 0.15) is 42.9 Å². The molecule has 3 heteroatoms. The van der Waals surface area contributed by atoms with E-state index in [1.807, 2.05) is 24.3 Å². The van der Waals surface area contributed by atoms with E-state index < -0.39 is 6.10 Å². The summed E-state index contributed by atoms with van der Waals surface area (Å²) in [6.07, 6.45) is 5.16. The van der Waals surface area contributed by atoms with Crippen LogP contribution < -0.4 is 5.32 Å². The largest absolute Gasteiger partial charge is 0.390 e. The Kier molecular flexibility index (Phi) is 2.84. The summed E-state index contributed by atoms with van der Waals surface area (Å²) >= 11 is 0. The zero-order valence-electron chi connectivity index (χ0n) is 11.6. The van der Waals surface area contributed by atoms with E-state index in [4.69, 9.17) is 0 Å². The third kappa shape index (κ3) is 1.87. The van der Waals surface area contributed by atoms with E-state index in [0.717, 1.165) is 5.56 Å². The maximum absolute atomic E-state index is 12.5. The molecule has 0 aliphatic heterocycles. The highest BCUT2D eigenvalue weighted by molar-refractivity contribution is 5.83. The highest BCUT2D eigenvalue weighted by atomic mass is 16.3. The van der Waals surface area contributed by atoms with Gasteiger partial charge in [0.05, 0.1) is 12.1 Å². The Morgan fingerprint density at radius 2 is 1.85 bits per heavy atom. The number of carbonyl (C=O) groups excluding carboxylic acids is 1. The Labute approximate surface area is 119 Å². The quantitative estimate of drug-likeness (QED) is 0.866. The van der Waals surface area contributed by atoms with Gasteiger partial charge in [0.2, 0.25) is 5.91 Å². The van der Waals surface area contributed by atoms with Gasteiger partial charge >= 0.3 is 0 Å². The molecule has 20 heavy (non-hydrogen) atoms. The molecule has 4 unspecified atom stereocenters. The maximum Gasteiger partial charge on any atom is 0.224 e. The number of benzene rings is 1. The van der Waals surface area contributed by atoms with Gasteiger partial charge in [0.25, 0.3) is 0 Å². The third-order valence-electron chi connectivity index (χ3n) is 5.46. The summed E-state index contributed by atoms with van der Waals surface area (Å²) in [5, 5.41) is 13.3. The van der Waals surface area contributed by atoms with Gasteiger partial charge in [-0.1, -0.05) is 37.1 Å². The van der Waals surface area contributed by atoms with Crippen LogP contribution in [0.3, 0.4) is 0 Å². The standard InChI is InChI=1S/C17H21NO2/c19-14-9-10-5-1-2-6-11(10)16(14)18-17(20)15-12-7-3-4-8-13(12)15/h1-2,5-6,12-16,19H,3-4,7-9H2,(H,18,20). The summed E-state index contributed by atoms with van der Waals surface area (Å²) in [5.41, 5.74) is 2.26. The van der Waals surface area contributed by atoms with Crippen molar-refractivity contribution in [1.29, 1.82) is 0 Å². The molecule has 2 saturated carbocycles. The van der Waals surface area contributed by atoms with Crippen molar-refractivity contribution < 1.29 is 9.90 Å². The number of carbonyl (C=O) groups is 1. The Balaban J connectivity index is 1.48. The lowest BCUT2D eigenvalue weighted by molar-refractivity contribution is -0.124. The molecule has 0 bridgehead atoms. The number of hydrogen-bond donors (Lipinski definition) is 2.